The first kappa shape index (κ1) is 25.3. The lowest BCUT2D eigenvalue weighted by Gasteiger charge is -2.18. The summed E-state index contributed by atoms with van der Waals surface area (Å²) >= 11 is 0. The molecule has 0 spiro atoms. The van der Waals surface area contributed by atoms with Crippen LogP contribution in [0.15, 0.2) is 97.1 Å². The molecule has 0 aliphatic heterocycles. The number of nitriles is 2. The Kier molecular flexibility index (Phi) is 7.52. The molecule has 9 heteroatoms. The van der Waals surface area contributed by atoms with Crippen LogP contribution in [0.4, 0.5) is 5.69 Å². The van der Waals surface area contributed by atoms with Gasteiger partial charge < -0.3 is 9.47 Å². The first-order valence-corrected chi connectivity index (χ1v) is 11.2. The standard InChI is InChI=1S/C29H17N3O6/c30-17-22-11-14-26(16-23(22)18-31)37-25-8-4-7-21(15-25)29(34)38-28(27(33)19-5-2-1-3-6-19)20-9-12-24(13-10-20)32(35)36/h1-16,28H/t28-/m1/s1. The maximum Gasteiger partial charge on any atom is 0.339 e. The maximum atomic E-state index is 13.3. The minimum atomic E-state index is -1.35. The minimum Gasteiger partial charge on any atom is -0.457 e. The Hall–Kier alpha value is -5.80. The SMILES string of the molecule is N#Cc1ccc(Oc2cccc(C(=O)O[C@@H](C(=O)c3ccccc3)c3ccc([N+](=O)[O-])cc3)c2)cc1C#N. The van der Waals surface area contributed by atoms with Crippen molar-refractivity contribution in [3.05, 3.63) is 135 Å². The summed E-state index contributed by atoms with van der Waals surface area (Å²) in [5.74, 6) is -0.772. The molecule has 0 N–H and O–H groups in total. The molecule has 1 atom stereocenters. The van der Waals surface area contributed by atoms with E-state index in [4.69, 9.17) is 14.7 Å². The van der Waals surface area contributed by atoms with E-state index in [9.17, 15) is 25.0 Å². The van der Waals surface area contributed by atoms with Crippen LogP contribution >= 0.6 is 0 Å². The third-order valence-electron chi connectivity index (χ3n) is 5.47. The first-order valence-electron chi connectivity index (χ1n) is 11.2. The topological polar surface area (TPSA) is 143 Å². The number of non-ortho nitro benzene ring substituents is 1. The molecular weight excluding hydrogens is 486 g/mol. The lowest BCUT2D eigenvalue weighted by atomic mass is 9.99. The van der Waals surface area contributed by atoms with Crippen LogP contribution in [0.2, 0.25) is 0 Å². The number of rotatable bonds is 8. The fraction of sp³-hybridized carbons (Fsp3) is 0.0345. The summed E-state index contributed by atoms with van der Waals surface area (Å²) in [6.45, 7) is 0. The Bertz CT molecular complexity index is 1600. The molecule has 38 heavy (non-hydrogen) atoms. The minimum absolute atomic E-state index is 0.0874. The molecule has 4 aromatic rings. The van der Waals surface area contributed by atoms with E-state index in [0.29, 0.717) is 5.56 Å². The number of nitrogens with zero attached hydrogens (tertiary/aromatic N) is 3. The normalized spacial score (nSPS) is 10.9. The van der Waals surface area contributed by atoms with E-state index in [1.54, 1.807) is 42.5 Å². The van der Waals surface area contributed by atoms with Crippen LogP contribution in [0, 0.1) is 32.8 Å². The molecule has 4 rings (SSSR count). The molecule has 0 heterocycles. The summed E-state index contributed by atoms with van der Waals surface area (Å²) in [6.07, 6.45) is -1.35. The molecule has 0 aliphatic carbocycles. The van der Waals surface area contributed by atoms with Crippen LogP contribution in [-0.2, 0) is 4.74 Å². The molecule has 0 aromatic heterocycles. The van der Waals surface area contributed by atoms with Crippen molar-refractivity contribution in [2.45, 2.75) is 6.10 Å². The zero-order valence-corrected chi connectivity index (χ0v) is 19.6. The average molecular weight is 503 g/mol. The van der Waals surface area contributed by atoms with Gasteiger partial charge in [0.05, 0.1) is 21.6 Å². The fourth-order valence-electron chi connectivity index (χ4n) is 3.57. The van der Waals surface area contributed by atoms with Gasteiger partial charge in [0.1, 0.15) is 23.6 Å². The molecule has 0 saturated carbocycles. The molecule has 0 radical (unpaired) electrons. The van der Waals surface area contributed by atoms with Crippen molar-refractivity contribution in [3.8, 4) is 23.6 Å². The van der Waals surface area contributed by atoms with E-state index in [-0.39, 0.29) is 39.4 Å². The summed E-state index contributed by atoms with van der Waals surface area (Å²) in [6, 6.07) is 27.7. The van der Waals surface area contributed by atoms with Crippen LogP contribution in [0.5, 0.6) is 11.5 Å². The largest absolute Gasteiger partial charge is 0.457 e. The quantitative estimate of drug-likeness (QED) is 0.125. The molecule has 0 saturated heterocycles. The molecule has 4 aromatic carbocycles. The number of hydrogen-bond donors (Lipinski definition) is 0. The van der Waals surface area contributed by atoms with E-state index in [1.807, 2.05) is 12.1 Å². The van der Waals surface area contributed by atoms with Gasteiger partial charge in [0.25, 0.3) is 5.69 Å². The number of benzene rings is 4. The van der Waals surface area contributed by atoms with Gasteiger partial charge in [0, 0.05) is 23.3 Å². The van der Waals surface area contributed by atoms with Gasteiger partial charge in [-0.15, -0.1) is 0 Å². The number of ketones is 1. The maximum absolute atomic E-state index is 13.3. The predicted molar refractivity (Wildman–Crippen MR) is 134 cm³/mol. The highest BCUT2D eigenvalue weighted by molar-refractivity contribution is 6.02. The van der Waals surface area contributed by atoms with Gasteiger partial charge in [-0.25, -0.2) is 4.79 Å². The van der Waals surface area contributed by atoms with Gasteiger partial charge in [-0.05, 0) is 48.5 Å². The number of ether oxygens (including phenoxy) is 2. The molecule has 9 nitrogen and oxygen atoms in total. The first-order chi connectivity index (χ1) is 18.4. The van der Waals surface area contributed by atoms with Crippen LogP contribution in [-0.4, -0.2) is 16.7 Å². The van der Waals surface area contributed by atoms with Crippen LogP contribution in [0.1, 0.15) is 43.5 Å². The number of nitro benzene ring substituents is 1. The fourth-order valence-corrected chi connectivity index (χ4v) is 3.57. The van der Waals surface area contributed by atoms with Crippen molar-refractivity contribution in [1.82, 2.24) is 0 Å². The smallest absolute Gasteiger partial charge is 0.339 e. The van der Waals surface area contributed by atoms with Crippen LogP contribution in [0.25, 0.3) is 0 Å². The Morgan fingerprint density at radius 2 is 1.42 bits per heavy atom. The van der Waals surface area contributed by atoms with Crippen molar-refractivity contribution < 1.29 is 24.0 Å². The highest BCUT2D eigenvalue weighted by atomic mass is 16.6. The lowest BCUT2D eigenvalue weighted by molar-refractivity contribution is -0.384. The average Bonchev–Trinajstić information content (AvgIpc) is 2.96. The number of Topliss-reactive ketones (excluding diaryl/α,β-unsaturated/α-hetero) is 1. The van der Waals surface area contributed by atoms with E-state index in [0.717, 1.165) is 0 Å². The highest BCUT2D eigenvalue weighted by Gasteiger charge is 2.27. The number of hydrogen-bond acceptors (Lipinski definition) is 8. The monoisotopic (exact) mass is 503 g/mol. The van der Waals surface area contributed by atoms with E-state index in [2.05, 4.69) is 0 Å². The summed E-state index contributed by atoms with van der Waals surface area (Å²) in [4.78, 5) is 36.9. The van der Waals surface area contributed by atoms with Gasteiger partial charge in [0.15, 0.2) is 6.10 Å². The van der Waals surface area contributed by atoms with Gasteiger partial charge >= 0.3 is 5.97 Å². The van der Waals surface area contributed by atoms with Crippen LogP contribution < -0.4 is 4.74 Å². The summed E-state index contributed by atoms with van der Waals surface area (Å²) in [5.41, 5.74) is 0.841. The molecule has 0 aliphatic rings. The summed E-state index contributed by atoms with van der Waals surface area (Å²) < 4.78 is 11.4. The Balaban J connectivity index is 1.60. The van der Waals surface area contributed by atoms with E-state index < -0.39 is 22.8 Å². The zero-order valence-electron chi connectivity index (χ0n) is 19.6. The number of esters is 1. The van der Waals surface area contributed by atoms with Crippen molar-refractivity contribution in [2.24, 2.45) is 0 Å². The van der Waals surface area contributed by atoms with E-state index >= 15 is 0 Å². The second kappa shape index (κ2) is 11.3. The van der Waals surface area contributed by atoms with Gasteiger partial charge in [-0.1, -0.05) is 36.4 Å². The molecule has 0 bridgehead atoms. The van der Waals surface area contributed by atoms with Crippen molar-refractivity contribution in [1.29, 1.82) is 10.5 Å². The van der Waals surface area contributed by atoms with Crippen molar-refractivity contribution in [2.75, 3.05) is 0 Å². The molecule has 0 fully saturated rings. The van der Waals surface area contributed by atoms with Gasteiger partial charge in [0.2, 0.25) is 5.78 Å². The van der Waals surface area contributed by atoms with Crippen molar-refractivity contribution in [3.63, 3.8) is 0 Å². The summed E-state index contributed by atoms with van der Waals surface area (Å²) in [5, 5.41) is 29.4. The number of carbonyl (C=O) groups excluding carboxylic acids is 2. The second-order valence-corrected chi connectivity index (χ2v) is 7.93. The van der Waals surface area contributed by atoms with Gasteiger partial charge in [-0.2, -0.15) is 10.5 Å². The Morgan fingerprint density at radius 1 is 0.763 bits per heavy atom. The molecule has 0 amide bonds. The number of carbonyl (C=O) groups is 2. The highest BCUT2D eigenvalue weighted by Crippen LogP contribution is 2.28. The lowest BCUT2D eigenvalue weighted by Crippen LogP contribution is -2.20. The van der Waals surface area contributed by atoms with Crippen molar-refractivity contribution >= 4 is 17.4 Å². The predicted octanol–water partition coefficient (Wildman–Crippen LogP) is 5.91. The Morgan fingerprint density at radius 3 is 2.08 bits per heavy atom. The number of nitro groups is 1. The molecular formula is C29H17N3O6. The van der Waals surface area contributed by atoms with Crippen LogP contribution in [0.3, 0.4) is 0 Å². The Labute approximate surface area is 216 Å². The third-order valence-corrected chi connectivity index (χ3v) is 5.47. The third kappa shape index (κ3) is 5.70. The molecule has 184 valence electrons. The summed E-state index contributed by atoms with van der Waals surface area (Å²) in [7, 11) is 0. The zero-order chi connectivity index (χ0) is 27.1. The second-order valence-electron chi connectivity index (χ2n) is 7.93. The van der Waals surface area contributed by atoms with E-state index in [1.165, 1.54) is 54.6 Å². The van der Waals surface area contributed by atoms with Gasteiger partial charge in [-0.3, -0.25) is 14.9 Å². The molecule has 0 unspecified atom stereocenters.